The highest BCUT2D eigenvalue weighted by Crippen LogP contribution is 2.15. The number of hydrogen-bond acceptors (Lipinski definition) is 6. The number of sulfone groups is 2. The van der Waals surface area contributed by atoms with Crippen LogP contribution in [0.3, 0.4) is 0 Å². The van der Waals surface area contributed by atoms with E-state index in [9.17, 15) is 16.8 Å². The molecule has 2 aliphatic heterocycles. The van der Waals surface area contributed by atoms with Crippen molar-refractivity contribution in [3.63, 3.8) is 0 Å². The molecule has 19 heavy (non-hydrogen) atoms. The number of rotatable bonds is 6. The second kappa shape index (κ2) is 6.07. The summed E-state index contributed by atoms with van der Waals surface area (Å²) < 4.78 is 50.4. The fourth-order valence-corrected chi connectivity index (χ4v) is 5.80. The molecule has 0 radical (unpaired) electrons. The molecule has 1 N–H and O–H groups in total. The minimum atomic E-state index is -2.87. The Balaban J connectivity index is 1.54. The number of ether oxygens (including phenoxy) is 1. The minimum Gasteiger partial charge on any atom is -0.377 e. The Labute approximate surface area is 114 Å². The molecule has 0 unspecified atom stereocenters. The monoisotopic (exact) mass is 311 g/mol. The average molecular weight is 311 g/mol. The van der Waals surface area contributed by atoms with Crippen LogP contribution < -0.4 is 5.32 Å². The molecule has 2 atom stereocenters. The lowest BCUT2D eigenvalue weighted by Crippen LogP contribution is -2.31. The smallest absolute Gasteiger partial charge is 0.152 e. The second-order valence-electron chi connectivity index (χ2n) is 5.30. The number of hydrogen-bond donors (Lipinski definition) is 1. The molecule has 2 aliphatic rings. The summed E-state index contributed by atoms with van der Waals surface area (Å²) in [5, 5.41) is 3.20. The summed E-state index contributed by atoms with van der Waals surface area (Å²) in [6.07, 6.45) is 1.89. The molecule has 0 aromatic heterocycles. The summed E-state index contributed by atoms with van der Waals surface area (Å²) in [6, 6.07) is 0.0665. The summed E-state index contributed by atoms with van der Waals surface area (Å²) in [5.41, 5.74) is 0. The van der Waals surface area contributed by atoms with Gasteiger partial charge in [0, 0.05) is 12.6 Å². The highest BCUT2D eigenvalue weighted by atomic mass is 32.2. The van der Waals surface area contributed by atoms with Gasteiger partial charge in [-0.2, -0.15) is 0 Å². The van der Waals surface area contributed by atoms with E-state index in [1.165, 1.54) is 0 Å². The highest BCUT2D eigenvalue weighted by molar-refractivity contribution is 7.91. The fraction of sp³-hybridized carbons (Fsp3) is 1.00. The van der Waals surface area contributed by atoms with Crippen LogP contribution in [0.1, 0.15) is 19.3 Å². The van der Waals surface area contributed by atoms with Crippen LogP contribution in [0.5, 0.6) is 0 Å². The van der Waals surface area contributed by atoms with E-state index in [2.05, 4.69) is 5.32 Å². The van der Waals surface area contributed by atoms with Crippen molar-refractivity contribution in [2.24, 2.45) is 0 Å². The topological polar surface area (TPSA) is 89.5 Å². The van der Waals surface area contributed by atoms with E-state index < -0.39 is 19.7 Å². The summed E-state index contributed by atoms with van der Waals surface area (Å²) in [4.78, 5) is 0. The quantitative estimate of drug-likeness (QED) is 0.656. The Bertz CT molecular complexity index is 453. The summed E-state index contributed by atoms with van der Waals surface area (Å²) in [6.45, 7) is 1.23. The lowest BCUT2D eigenvalue weighted by atomic mass is 10.2. The van der Waals surface area contributed by atoms with Crippen molar-refractivity contribution in [3.05, 3.63) is 0 Å². The molecule has 0 aromatic carbocycles. The minimum absolute atomic E-state index is 0.0665. The van der Waals surface area contributed by atoms with Crippen molar-refractivity contribution in [1.82, 2.24) is 5.32 Å². The predicted octanol–water partition coefficient (Wildman–Crippen LogP) is -0.643. The zero-order valence-corrected chi connectivity index (χ0v) is 12.5. The first-order chi connectivity index (χ1) is 8.86. The van der Waals surface area contributed by atoms with Gasteiger partial charge in [-0.25, -0.2) is 16.8 Å². The molecule has 0 aliphatic carbocycles. The van der Waals surface area contributed by atoms with E-state index in [1.807, 2.05) is 0 Å². The molecule has 2 saturated heterocycles. The van der Waals surface area contributed by atoms with Crippen LogP contribution in [0.25, 0.3) is 0 Å². The van der Waals surface area contributed by atoms with Crippen LogP contribution in [0.4, 0.5) is 0 Å². The zero-order chi connectivity index (χ0) is 13.9. The molecule has 0 saturated carbocycles. The molecule has 0 spiro atoms. The van der Waals surface area contributed by atoms with Gasteiger partial charge in [0.25, 0.3) is 0 Å². The standard InChI is InChI=1S/C11H21NO5S2/c13-18(14)6-2-10(8-18)12-4-1-5-17-11-3-7-19(15,16)9-11/h10-12H,1-9H2/t10-,11+/m1/s1. The molecule has 6 nitrogen and oxygen atoms in total. The van der Waals surface area contributed by atoms with Gasteiger partial charge in [-0.05, 0) is 25.8 Å². The van der Waals surface area contributed by atoms with Gasteiger partial charge >= 0.3 is 0 Å². The van der Waals surface area contributed by atoms with E-state index in [1.54, 1.807) is 0 Å². The van der Waals surface area contributed by atoms with E-state index in [0.717, 1.165) is 6.42 Å². The maximum Gasteiger partial charge on any atom is 0.152 e. The fourth-order valence-electron chi connectivity index (χ4n) is 2.48. The molecule has 2 rings (SSSR count). The summed E-state index contributed by atoms with van der Waals surface area (Å²) in [7, 11) is -5.70. The summed E-state index contributed by atoms with van der Waals surface area (Å²) in [5.74, 6) is 0.882. The van der Waals surface area contributed by atoms with Crippen LogP contribution in [0.2, 0.25) is 0 Å². The van der Waals surface area contributed by atoms with Gasteiger partial charge in [0.15, 0.2) is 19.7 Å². The highest BCUT2D eigenvalue weighted by Gasteiger charge is 2.29. The summed E-state index contributed by atoms with van der Waals surface area (Å²) >= 11 is 0. The Morgan fingerprint density at radius 1 is 1.00 bits per heavy atom. The molecular formula is C11H21NO5S2. The molecule has 0 bridgehead atoms. The predicted molar refractivity (Wildman–Crippen MR) is 72.7 cm³/mol. The van der Waals surface area contributed by atoms with Gasteiger partial charge in [-0.1, -0.05) is 0 Å². The van der Waals surface area contributed by atoms with E-state index in [0.29, 0.717) is 26.0 Å². The van der Waals surface area contributed by atoms with Gasteiger partial charge in [0.2, 0.25) is 0 Å². The van der Waals surface area contributed by atoms with E-state index in [-0.39, 0.29) is 35.2 Å². The van der Waals surface area contributed by atoms with Gasteiger partial charge in [0.1, 0.15) is 0 Å². The first-order valence-corrected chi connectivity index (χ1v) is 10.3. The van der Waals surface area contributed by atoms with Gasteiger partial charge in [0.05, 0.1) is 29.1 Å². The van der Waals surface area contributed by atoms with Gasteiger partial charge < -0.3 is 10.1 Å². The molecular weight excluding hydrogens is 290 g/mol. The van der Waals surface area contributed by atoms with Crippen LogP contribution >= 0.6 is 0 Å². The van der Waals surface area contributed by atoms with E-state index in [4.69, 9.17) is 4.74 Å². The molecule has 2 fully saturated rings. The third-order valence-electron chi connectivity index (χ3n) is 3.53. The van der Waals surface area contributed by atoms with Crippen LogP contribution in [-0.2, 0) is 24.4 Å². The second-order valence-corrected chi connectivity index (χ2v) is 9.76. The van der Waals surface area contributed by atoms with Crippen LogP contribution in [0, 0.1) is 0 Å². The Morgan fingerprint density at radius 3 is 2.26 bits per heavy atom. The maximum absolute atomic E-state index is 11.2. The van der Waals surface area contributed by atoms with Gasteiger partial charge in [-0.15, -0.1) is 0 Å². The van der Waals surface area contributed by atoms with Gasteiger partial charge in [-0.3, -0.25) is 0 Å². The SMILES string of the molecule is O=S1(=O)CC[C@@H](NCCCO[C@H]2CCS(=O)(=O)C2)C1. The van der Waals surface area contributed by atoms with E-state index >= 15 is 0 Å². The Morgan fingerprint density at radius 2 is 1.68 bits per heavy atom. The molecule has 112 valence electrons. The van der Waals surface area contributed by atoms with Crippen molar-refractivity contribution in [1.29, 1.82) is 0 Å². The molecule has 8 heteroatoms. The van der Waals surface area contributed by atoms with Crippen LogP contribution in [0.15, 0.2) is 0 Å². The number of nitrogens with one attached hydrogen (secondary N) is 1. The normalized spacial score (nSPS) is 32.6. The Kier molecular flexibility index (Phi) is 4.86. The zero-order valence-electron chi connectivity index (χ0n) is 10.9. The third-order valence-corrected chi connectivity index (χ3v) is 7.04. The maximum atomic E-state index is 11.2. The average Bonchev–Trinajstić information content (AvgIpc) is 2.81. The molecule has 2 heterocycles. The molecule has 0 amide bonds. The Hall–Kier alpha value is -0.180. The first kappa shape index (κ1) is 15.2. The van der Waals surface area contributed by atoms with Crippen molar-refractivity contribution in [2.75, 3.05) is 36.2 Å². The van der Waals surface area contributed by atoms with Crippen LogP contribution in [-0.4, -0.2) is 65.1 Å². The first-order valence-electron chi connectivity index (χ1n) is 6.62. The lowest BCUT2D eigenvalue weighted by Gasteiger charge is -2.12. The van der Waals surface area contributed by atoms with Crippen molar-refractivity contribution in [3.8, 4) is 0 Å². The lowest BCUT2D eigenvalue weighted by molar-refractivity contribution is 0.0691. The molecule has 0 aromatic rings. The largest absolute Gasteiger partial charge is 0.377 e. The van der Waals surface area contributed by atoms with Crippen molar-refractivity contribution < 1.29 is 21.6 Å². The van der Waals surface area contributed by atoms with Crippen molar-refractivity contribution in [2.45, 2.75) is 31.4 Å². The third kappa shape index (κ3) is 5.02. The van der Waals surface area contributed by atoms with Crippen molar-refractivity contribution >= 4 is 19.7 Å².